The maximum absolute atomic E-state index is 12.1. The van der Waals surface area contributed by atoms with E-state index in [1.54, 1.807) is 18.2 Å². The second kappa shape index (κ2) is 9.53. The van der Waals surface area contributed by atoms with Crippen LogP contribution in [-0.2, 0) is 4.79 Å². The first-order valence-electron chi connectivity index (χ1n) is 9.01. The molecular formula is C21H22ClN3OS. The van der Waals surface area contributed by atoms with Gasteiger partial charge in [0.15, 0.2) is 5.11 Å². The van der Waals surface area contributed by atoms with Crippen LogP contribution >= 0.6 is 23.8 Å². The molecule has 0 spiro atoms. The number of nitrogens with zero attached hydrogens (tertiary/aromatic N) is 1. The summed E-state index contributed by atoms with van der Waals surface area (Å²) in [5, 5.41) is 6.79. The smallest absolute Gasteiger partial charge is 0.250 e. The van der Waals surface area contributed by atoms with Crippen molar-refractivity contribution in [2.45, 2.75) is 19.3 Å². The van der Waals surface area contributed by atoms with E-state index in [0.29, 0.717) is 5.02 Å². The number of anilines is 2. The number of amides is 1. The van der Waals surface area contributed by atoms with Crippen molar-refractivity contribution in [2.24, 2.45) is 0 Å². The highest BCUT2D eigenvalue weighted by atomic mass is 35.5. The van der Waals surface area contributed by atoms with E-state index in [0.717, 1.165) is 30.0 Å². The van der Waals surface area contributed by atoms with Gasteiger partial charge in [-0.05, 0) is 67.4 Å². The van der Waals surface area contributed by atoms with Gasteiger partial charge in [-0.3, -0.25) is 10.1 Å². The van der Waals surface area contributed by atoms with E-state index in [-0.39, 0.29) is 11.0 Å². The number of rotatable bonds is 4. The van der Waals surface area contributed by atoms with Crippen molar-refractivity contribution in [2.75, 3.05) is 23.3 Å². The first-order valence-corrected chi connectivity index (χ1v) is 9.80. The van der Waals surface area contributed by atoms with Gasteiger partial charge in [-0.1, -0.05) is 35.9 Å². The highest BCUT2D eigenvalue weighted by Gasteiger charge is 2.14. The van der Waals surface area contributed by atoms with Crippen LogP contribution in [0, 0.1) is 0 Å². The number of thiocarbonyl (C=S) groups is 1. The Hall–Kier alpha value is -2.37. The van der Waals surface area contributed by atoms with Crippen LogP contribution in [0.5, 0.6) is 0 Å². The molecule has 140 valence electrons. The summed E-state index contributed by atoms with van der Waals surface area (Å²) in [5.41, 5.74) is 2.92. The third-order valence-corrected chi connectivity index (χ3v) is 4.84. The lowest BCUT2D eigenvalue weighted by Gasteiger charge is -2.30. The predicted octanol–water partition coefficient (Wildman–Crippen LogP) is 4.86. The molecule has 3 rings (SSSR count). The number of benzene rings is 2. The van der Waals surface area contributed by atoms with E-state index in [1.807, 2.05) is 30.3 Å². The van der Waals surface area contributed by atoms with Gasteiger partial charge in [0.25, 0.3) is 0 Å². The molecule has 0 radical (unpaired) electrons. The molecule has 4 nitrogen and oxygen atoms in total. The van der Waals surface area contributed by atoms with Crippen LogP contribution in [0.25, 0.3) is 6.08 Å². The van der Waals surface area contributed by atoms with Crippen molar-refractivity contribution < 1.29 is 4.79 Å². The molecule has 1 aliphatic rings. The molecule has 6 heteroatoms. The summed E-state index contributed by atoms with van der Waals surface area (Å²) in [6.07, 6.45) is 6.85. The van der Waals surface area contributed by atoms with Crippen LogP contribution in [0.3, 0.4) is 0 Å². The average molecular weight is 400 g/mol. The lowest BCUT2D eigenvalue weighted by molar-refractivity contribution is -0.115. The molecule has 0 unspecified atom stereocenters. The van der Waals surface area contributed by atoms with Crippen LogP contribution in [0.4, 0.5) is 11.4 Å². The molecule has 0 saturated carbocycles. The summed E-state index contributed by atoms with van der Waals surface area (Å²) in [4.78, 5) is 14.5. The first-order chi connectivity index (χ1) is 13.1. The topological polar surface area (TPSA) is 44.4 Å². The zero-order valence-electron chi connectivity index (χ0n) is 15.0. The number of halogens is 1. The first kappa shape index (κ1) is 19.4. The molecule has 0 bridgehead atoms. The summed E-state index contributed by atoms with van der Waals surface area (Å²) < 4.78 is 0. The van der Waals surface area contributed by atoms with Crippen molar-refractivity contribution in [1.82, 2.24) is 5.32 Å². The van der Waals surface area contributed by atoms with Gasteiger partial charge in [-0.15, -0.1) is 0 Å². The number of hydrogen-bond donors (Lipinski definition) is 2. The van der Waals surface area contributed by atoms with E-state index in [9.17, 15) is 4.79 Å². The van der Waals surface area contributed by atoms with Crippen LogP contribution in [-0.4, -0.2) is 24.1 Å². The van der Waals surface area contributed by atoms with Crippen molar-refractivity contribution in [3.05, 3.63) is 65.2 Å². The highest BCUT2D eigenvalue weighted by molar-refractivity contribution is 7.80. The molecule has 1 fully saturated rings. The fourth-order valence-corrected chi connectivity index (χ4v) is 3.38. The Morgan fingerprint density at radius 1 is 1.04 bits per heavy atom. The molecule has 1 saturated heterocycles. The van der Waals surface area contributed by atoms with Gasteiger partial charge in [0.05, 0.1) is 11.4 Å². The Bertz CT molecular complexity index is 830. The van der Waals surface area contributed by atoms with E-state index in [4.69, 9.17) is 23.8 Å². The Morgan fingerprint density at radius 2 is 1.74 bits per heavy atom. The van der Waals surface area contributed by atoms with Gasteiger partial charge in [0.1, 0.15) is 0 Å². The Labute approximate surface area is 170 Å². The number of nitrogens with one attached hydrogen (secondary N) is 2. The molecule has 2 aromatic rings. The minimum absolute atomic E-state index is 0.280. The van der Waals surface area contributed by atoms with Crippen molar-refractivity contribution in [3.8, 4) is 0 Å². The lowest BCUT2D eigenvalue weighted by Crippen LogP contribution is -2.34. The largest absolute Gasteiger partial charge is 0.370 e. The predicted molar refractivity (Wildman–Crippen MR) is 117 cm³/mol. The van der Waals surface area contributed by atoms with Crippen LogP contribution in [0.15, 0.2) is 54.6 Å². The van der Waals surface area contributed by atoms with Crippen molar-refractivity contribution in [1.29, 1.82) is 0 Å². The van der Waals surface area contributed by atoms with Gasteiger partial charge >= 0.3 is 0 Å². The fraction of sp³-hybridized carbons (Fsp3) is 0.238. The van der Waals surface area contributed by atoms with E-state index < -0.39 is 0 Å². The van der Waals surface area contributed by atoms with Crippen LogP contribution in [0.2, 0.25) is 5.02 Å². The van der Waals surface area contributed by atoms with E-state index in [1.165, 1.54) is 25.3 Å². The van der Waals surface area contributed by atoms with Gasteiger partial charge in [-0.2, -0.15) is 0 Å². The van der Waals surface area contributed by atoms with Gasteiger partial charge < -0.3 is 10.2 Å². The molecular weight excluding hydrogens is 378 g/mol. The molecule has 0 atom stereocenters. The fourth-order valence-electron chi connectivity index (χ4n) is 3.04. The molecule has 1 heterocycles. The number of carbonyl (C=O) groups is 1. The third kappa shape index (κ3) is 5.81. The summed E-state index contributed by atoms with van der Waals surface area (Å²) in [6, 6.07) is 15.3. The maximum atomic E-state index is 12.1. The molecule has 1 amide bonds. The van der Waals surface area contributed by atoms with Crippen molar-refractivity contribution >= 4 is 52.3 Å². The summed E-state index contributed by atoms with van der Waals surface area (Å²) in [6.45, 7) is 2.09. The number of hydrogen-bond acceptors (Lipinski definition) is 3. The van der Waals surface area contributed by atoms with Gasteiger partial charge in [0, 0.05) is 24.2 Å². The minimum atomic E-state index is -0.280. The second-order valence-corrected chi connectivity index (χ2v) is 7.24. The highest BCUT2D eigenvalue weighted by Crippen LogP contribution is 2.28. The normalized spacial score (nSPS) is 14.2. The molecule has 2 N–H and O–H groups in total. The number of piperidine rings is 1. The van der Waals surface area contributed by atoms with Gasteiger partial charge in [-0.25, -0.2) is 0 Å². The summed E-state index contributed by atoms with van der Waals surface area (Å²) >= 11 is 11.2. The summed E-state index contributed by atoms with van der Waals surface area (Å²) in [7, 11) is 0. The molecule has 27 heavy (non-hydrogen) atoms. The molecule has 0 aliphatic carbocycles. The second-order valence-electron chi connectivity index (χ2n) is 6.39. The van der Waals surface area contributed by atoms with Crippen molar-refractivity contribution in [3.63, 3.8) is 0 Å². The Morgan fingerprint density at radius 3 is 2.48 bits per heavy atom. The number of para-hydroxylation sites is 2. The van der Waals surface area contributed by atoms with Crippen LogP contribution in [0.1, 0.15) is 24.8 Å². The minimum Gasteiger partial charge on any atom is -0.370 e. The average Bonchev–Trinajstić information content (AvgIpc) is 2.68. The van der Waals surface area contributed by atoms with E-state index >= 15 is 0 Å². The molecule has 1 aliphatic heterocycles. The Kier molecular flexibility index (Phi) is 6.85. The standard InChI is InChI=1S/C21H22ClN3OS/c22-17-11-8-16(9-12-17)10-13-20(26)24-21(27)23-18-6-2-3-7-19(18)25-14-4-1-5-15-25/h2-3,6-13H,1,4-5,14-15H2,(H2,23,24,26,27)/b13-10+. The maximum Gasteiger partial charge on any atom is 0.250 e. The Balaban J connectivity index is 1.59. The SMILES string of the molecule is O=C(/C=C/c1ccc(Cl)cc1)NC(=S)Nc1ccccc1N1CCCCC1. The van der Waals surface area contributed by atoms with Crippen LogP contribution < -0.4 is 15.5 Å². The molecule has 0 aromatic heterocycles. The lowest BCUT2D eigenvalue weighted by atomic mass is 10.1. The van der Waals surface area contributed by atoms with E-state index in [2.05, 4.69) is 21.6 Å². The monoisotopic (exact) mass is 399 g/mol. The summed E-state index contributed by atoms with van der Waals surface area (Å²) in [5.74, 6) is -0.280. The number of carbonyl (C=O) groups excluding carboxylic acids is 1. The van der Waals surface area contributed by atoms with Gasteiger partial charge in [0.2, 0.25) is 5.91 Å². The molecule has 2 aromatic carbocycles. The zero-order valence-corrected chi connectivity index (χ0v) is 16.5. The third-order valence-electron chi connectivity index (χ3n) is 4.38. The quantitative estimate of drug-likeness (QED) is 0.569. The zero-order chi connectivity index (χ0) is 19.1.